The number of rotatable bonds is 4. The Morgan fingerprint density at radius 2 is 1.92 bits per heavy atom. The van der Waals surface area contributed by atoms with Gasteiger partial charge in [-0.15, -0.1) is 0 Å². The molecule has 0 heterocycles. The summed E-state index contributed by atoms with van der Waals surface area (Å²) in [6, 6.07) is 6.28. The molecule has 1 aromatic carbocycles. The van der Waals surface area contributed by atoms with Crippen LogP contribution in [-0.4, -0.2) is 30.6 Å². The van der Waals surface area contributed by atoms with Crippen LogP contribution in [0.15, 0.2) is 28.7 Å². The summed E-state index contributed by atoms with van der Waals surface area (Å²) in [5.41, 5.74) is 0.325. The Morgan fingerprint density at radius 1 is 1.21 bits per heavy atom. The highest BCUT2D eigenvalue weighted by molar-refractivity contribution is 9.10. The number of carbonyl (C=O) groups excluding carboxylic acids is 3. The number of urea groups is 1. The highest BCUT2D eigenvalue weighted by Crippen LogP contribution is 2.23. The number of benzene rings is 1. The number of nitrogens with one attached hydrogen (secondary N) is 2. The Bertz CT molecular complexity index is 620. The summed E-state index contributed by atoms with van der Waals surface area (Å²) < 4.78 is 5.50. The highest BCUT2D eigenvalue weighted by atomic mass is 79.9. The Hall–Kier alpha value is -1.89. The maximum Gasteiger partial charge on any atom is 0.339 e. The molecule has 6 nitrogen and oxygen atoms in total. The Balaban J connectivity index is 1.75. The van der Waals surface area contributed by atoms with E-state index in [0.717, 1.165) is 19.3 Å². The highest BCUT2D eigenvalue weighted by Gasteiger charge is 2.23. The number of hydrogen-bond acceptors (Lipinski definition) is 4. The Kier molecular flexibility index (Phi) is 6.78. The van der Waals surface area contributed by atoms with Crippen molar-refractivity contribution < 1.29 is 19.1 Å². The summed E-state index contributed by atoms with van der Waals surface area (Å²) in [5.74, 6) is -0.886. The molecular weight excluding hydrogens is 376 g/mol. The maximum absolute atomic E-state index is 11.9. The van der Waals surface area contributed by atoms with Crippen molar-refractivity contribution in [3.8, 4) is 0 Å². The molecule has 0 saturated heterocycles. The molecule has 1 fully saturated rings. The smallest absolute Gasteiger partial charge is 0.339 e. The van der Waals surface area contributed by atoms with Crippen LogP contribution in [0.4, 0.5) is 4.79 Å². The van der Waals surface area contributed by atoms with E-state index in [2.05, 4.69) is 33.5 Å². The molecule has 0 spiro atoms. The number of esters is 1. The monoisotopic (exact) mass is 396 g/mol. The second kappa shape index (κ2) is 8.82. The van der Waals surface area contributed by atoms with Crippen LogP contribution in [0, 0.1) is 5.92 Å². The molecular formula is C17H21BrN2O4. The van der Waals surface area contributed by atoms with Gasteiger partial charge >= 0.3 is 12.0 Å². The summed E-state index contributed by atoms with van der Waals surface area (Å²) in [4.78, 5) is 35.5. The van der Waals surface area contributed by atoms with E-state index in [-0.39, 0.29) is 6.04 Å². The third kappa shape index (κ3) is 5.33. The molecule has 0 aromatic heterocycles. The van der Waals surface area contributed by atoms with Crippen LogP contribution in [0.5, 0.6) is 0 Å². The van der Waals surface area contributed by atoms with Crippen molar-refractivity contribution in [3.63, 3.8) is 0 Å². The minimum absolute atomic E-state index is 0.0781. The molecule has 1 aromatic rings. The van der Waals surface area contributed by atoms with E-state index in [1.54, 1.807) is 24.3 Å². The van der Waals surface area contributed by atoms with E-state index in [1.807, 2.05) is 0 Å². The summed E-state index contributed by atoms with van der Waals surface area (Å²) >= 11 is 3.24. The van der Waals surface area contributed by atoms with Crippen molar-refractivity contribution in [2.24, 2.45) is 5.92 Å². The minimum atomic E-state index is -0.656. The molecule has 1 aliphatic rings. The largest absolute Gasteiger partial charge is 0.452 e. The lowest BCUT2D eigenvalue weighted by molar-refractivity contribution is -0.123. The zero-order valence-corrected chi connectivity index (χ0v) is 15.1. The van der Waals surface area contributed by atoms with E-state index in [9.17, 15) is 14.4 Å². The Labute approximate surface area is 149 Å². The first kappa shape index (κ1) is 18.4. The molecule has 1 saturated carbocycles. The van der Waals surface area contributed by atoms with Gasteiger partial charge in [0.1, 0.15) is 0 Å². The fourth-order valence-corrected chi connectivity index (χ4v) is 3.18. The quantitative estimate of drug-likeness (QED) is 0.765. The molecule has 1 aliphatic carbocycles. The second-order valence-electron chi connectivity index (χ2n) is 5.95. The third-order valence-electron chi connectivity index (χ3n) is 4.11. The van der Waals surface area contributed by atoms with Crippen LogP contribution in [0.3, 0.4) is 0 Å². The predicted octanol–water partition coefficient (Wildman–Crippen LogP) is 3.01. The molecule has 130 valence electrons. The first-order valence-corrected chi connectivity index (χ1v) is 8.78. The lowest BCUT2D eigenvalue weighted by Gasteiger charge is -2.29. The van der Waals surface area contributed by atoms with E-state index in [0.29, 0.717) is 16.0 Å². The van der Waals surface area contributed by atoms with Crippen LogP contribution in [0.25, 0.3) is 0 Å². The van der Waals surface area contributed by atoms with Crippen molar-refractivity contribution in [2.75, 3.05) is 6.61 Å². The van der Waals surface area contributed by atoms with Crippen molar-refractivity contribution in [1.29, 1.82) is 0 Å². The summed E-state index contributed by atoms with van der Waals surface area (Å²) in [5, 5.41) is 5.00. The summed E-state index contributed by atoms with van der Waals surface area (Å²) in [7, 11) is 0. The van der Waals surface area contributed by atoms with Crippen LogP contribution < -0.4 is 10.6 Å². The zero-order valence-electron chi connectivity index (χ0n) is 13.5. The van der Waals surface area contributed by atoms with Gasteiger partial charge in [0.25, 0.3) is 5.91 Å². The molecule has 0 bridgehead atoms. The first-order chi connectivity index (χ1) is 11.5. The standard InChI is InChI=1S/C17H21BrN2O4/c1-11-6-2-5-9-14(11)19-17(23)20-15(21)10-24-16(22)12-7-3-4-8-13(12)18/h3-4,7-8,11,14H,2,5-6,9-10H2,1H3,(H2,19,20,21,23)/t11-,14-/m0/s1. The number of ether oxygens (including phenoxy) is 1. The average molecular weight is 397 g/mol. The zero-order chi connectivity index (χ0) is 17.5. The van der Waals surface area contributed by atoms with Gasteiger partial charge in [-0.3, -0.25) is 10.1 Å². The van der Waals surface area contributed by atoms with Gasteiger partial charge < -0.3 is 10.1 Å². The normalized spacial score (nSPS) is 20.1. The van der Waals surface area contributed by atoms with Crippen LogP contribution >= 0.6 is 15.9 Å². The number of halogens is 1. The fraction of sp³-hybridized carbons (Fsp3) is 0.471. The van der Waals surface area contributed by atoms with Gasteiger partial charge in [-0.25, -0.2) is 9.59 Å². The topological polar surface area (TPSA) is 84.5 Å². The first-order valence-electron chi connectivity index (χ1n) is 7.99. The summed E-state index contributed by atoms with van der Waals surface area (Å²) in [6.07, 6.45) is 4.24. The van der Waals surface area contributed by atoms with E-state index in [1.165, 1.54) is 6.42 Å². The fourth-order valence-electron chi connectivity index (χ4n) is 2.73. The van der Waals surface area contributed by atoms with Crippen molar-refractivity contribution in [1.82, 2.24) is 10.6 Å². The molecule has 0 radical (unpaired) electrons. The molecule has 7 heteroatoms. The molecule has 2 rings (SSSR count). The molecule has 0 unspecified atom stereocenters. The van der Waals surface area contributed by atoms with Crippen molar-refractivity contribution >= 4 is 33.8 Å². The van der Waals surface area contributed by atoms with Crippen LogP contribution in [0.1, 0.15) is 43.0 Å². The van der Waals surface area contributed by atoms with Crippen molar-refractivity contribution in [3.05, 3.63) is 34.3 Å². The predicted molar refractivity (Wildman–Crippen MR) is 92.5 cm³/mol. The number of hydrogen-bond donors (Lipinski definition) is 2. The molecule has 2 atom stereocenters. The number of amides is 3. The van der Waals surface area contributed by atoms with Crippen molar-refractivity contribution in [2.45, 2.75) is 38.6 Å². The van der Waals surface area contributed by atoms with Gasteiger partial charge in [0.05, 0.1) is 5.56 Å². The molecule has 0 aliphatic heterocycles. The van der Waals surface area contributed by atoms with Gasteiger partial charge in [-0.2, -0.15) is 0 Å². The van der Waals surface area contributed by atoms with Gasteiger partial charge in [-0.1, -0.05) is 31.9 Å². The lowest BCUT2D eigenvalue weighted by atomic mass is 9.86. The maximum atomic E-state index is 11.9. The van der Waals surface area contributed by atoms with Gasteiger partial charge in [0, 0.05) is 10.5 Å². The van der Waals surface area contributed by atoms with E-state index < -0.39 is 24.5 Å². The van der Waals surface area contributed by atoms with Crippen LogP contribution in [-0.2, 0) is 9.53 Å². The molecule has 2 N–H and O–H groups in total. The van der Waals surface area contributed by atoms with Crippen LogP contribution in [0.2, 0.25) is 0 Å². The van der Waals surface area contributed by atoms with E-state index >= 15 is 0 Å². The number of carbonyl (C=O) groups is 3. The number of imide groups is 1. The minimum Gasteiger partial charge on any atom is -0.452 e. The summed E-state index contributed by atoms with van der Waals surface area (Å²) in [6.45, 7) is 1.58. The van der Waals surface area contributed by atoms with Gasteiger partial charge in [0.15, 0.2) is 6.61 Å². The molecule has 3 amide bonds. The third-order valence-corrected chi connectivity index (χ3v) is 4.80. The van der Waals surface area contributed by atoms with Gasteiger partial charge in [-0.05, 0) is 46.8 Å². The molecule has 24 heavy (non-hydrogen) atoms. The lowest BCUT2D eigenvalue weighted by Crippen LogP contribution is -2.48. The van der Waals surface area contributed by atoms with E-state index in [4.69, 9.17) is 4.74 Å². The average Bonchev–Trinajstić information content (AvgIpc) is 2.55. The second-order valence-corrected chi connectivity index (χ2v) is 6.80. The van der Waals surface area contributed by atoms with Gasteiger partial charge in [0.2, 0.25) is 0 Å². The SMILES string of the molecule is C[C@H]1CCCC[C@@H]1NC(=O)NC(=O)COC(=O)c1ccccc1Br. The Morgan fingerprint density at radius 3 is 2.62 bits per heavy atom.